The second kappa shape index (κ2) is 5.67. The molecule has 1 fully saturated rings. The van der Waals surface area contributed by atoms with E-state index in [0.717, 1.165) is 12.8 Å². The topological polar surface area (TPSA) is 63.6 Å². The van der Waals surface area contributed by atoms with Gasteiger partial charge in [-0.2, -0.15) is 0 Å². The lowest BCUT2D eigenvalue weighted by atomic mass is 9.90. The van der Waals surface area contributed by atoms with Crippen LogP contribution in [0.25, 0.3) is 0 Å². The average molecular weight is 248 g/mol. The van der Waals surface area contributed by atoms with E-state index in [4.69, 9.17) is 4.74 Å². The normalized spacial score (nSPS) is 21.8. The summed E-state index contributed by atoms with van der Waals surface area (Å²) in [6.45, 7) is 0. The Morgan fingerprint density at radius 3 is 2.67 bits per heavy atom. The molecule has 0 spiro atoms. The summed E-state index contributed by atoms with van der Waals surface area (Å²) in [6, 6.07) is 8.95. The summed E-state index contributed by atoms with van der Waals surface area (Å²) in [4.78, 5) is 22.9. The zero-order valence-corrected chi connectivity index (χ0v) is 10.0. The van der Waals surface area contributed by atoms with Crippen molar-refractivity contribution in [1.29, 1.82) is 0 Å². The lowest BCUT2D eigenvalue weighted by Gasteiger charge is -2.22. The molecule has 18 heavy (non-hydrogen) atoms. The molecule has 0 bridgehead atoms. The molecule has 1 aromatic rings. The number of rotatable bonds is 3. The van der Waals surface area contributed by atoms with E-state index in [1.54, 1.807) is 24.3 Å². The van der Waals surface area contributed by atoms with E-state index in [1.807, 2.05) is 6.07 Å². The second-order valence-corrected chi connectivity index (χ2v) is 4.50. The summed E-state index contributed by atoms with van der Waals surface area (Å²) in [5.74, 6) is -2.01. The summed E-state index contributed by atoms with van der Waals surface area (Å²) in [5, 5.41) is 9.37. The van der Waals surface area contributed by atoms with Gasteiger partial charge in [-0.05, 0) is 24.8 Å². The highest BCUT2D eigenvalue weighted by Crippen LogP contribution is 2.28. The van der Waals surface area contributed by atoms with E-state index in [1.165, 1.54) is 0 Å². The number of hydrogen-bond acceptors (Lipinski definition) is 3. The van der Waals surface area contributed by atoms with Crippen LogP contribution in [0.15, 0.2) is 30.3 Å². The molecule has 4 heteroatoms. The molecule has 96 valence electrons. The Morgan fingerprint density at radius 1 is 1.28 bits per heavy atom. The van der Waals surface area contributed by atoms with E-state index in [2.05, 4.69) is 0 Å². The van der Waals surface area contributed by atoms with Crippen LogP contribution in [-0.4, -0.2) is 23.1 Å². The molecule has 1 saturated heterocycles. The van der Waals surface area contributed by atoms with Crippen LogP contribution in [0.1, 0.15) is 37.2 Å². The molecular weight excluding hydrogens is 232 g/mol. The first kappa shape index (κ1) is 12.6. The number of carbonyl (C=O) groups excluding carboxylic acids is 1. The van der Waals surface area contributed by atoms with Gasteiger partial charge in [0.1, 0.15) is 12.0 Å². The smallest absolute Gasteiger partial charge is 0.314 e. The minimum Gasteiger partial charge on any atom is -0.481 e. The number of aliphatic carboxylic acids is 1. The number of benzene rings is 1. The lowest BCUT2D eigenvalue weighted by molar-refractivity contribution is -0.153. The first-order valence-electron chi connectivity index (χ1n) is 6.15. The third-order valence-electron chi connectivity index (χ3n) is 3.20. The SMILES string of the molecule is O=C1CCCCC(C(C(=O)O)c2ccccc2)O1. The fourth-order valence-electron chi connectivity index (χ4n) is 2.31. The fourth-order valence-corrected chi connectivity index (χ4v) is 2.31. The highest BCUT2D eigenvalue weighted by atomic mass is 16.5. The van der Waals surface area contributed by atoms with Gasteiger partial charge < -0.3 is 9.84 Å². The third-order valence-corrected chi connectivity index (χ3v) is 3.20. The van der Waals surface area contributed by atoms with Gasteiger partial charge in [0.25, 0.3) is 0 Å². The number of esters is 1. The molecule has 4 nitrogen and oxygen atoms in total. The van der Waals surface area contributed by atoms with Gasteiger partial charge in [0, 0.05) is 6.42 Å². The molecule has 1 N–H and O–H groups in total. The highest BCUT2D eigenvalue weighted by molar-refractivity contribution is 5.78. The maximum atomic E-state index is 11.4. The van der Waals surface area contributed by atoms with Crippen molar-refractivity contribution in [2.75, 3.05) is 0 Å². The summed E-state index contributed by atoms with van der Waals surface area (Å²) in [5.41, 5.74) is 0.685. The van der Waals surface area contributed by atoms with E-state index >= 15 is 0 Å². The van der Waals surface area contributed by atoms with E-state index < -0.39 is 18.0 Å². The first-order chi connectivity index (χ1) is 8.68. The van der Waals surface area contributed by atoms with Crippen LogP contribution < -0.4 is 0 Å². The summed E-state index contributed by atoms with van der Waals surface area (Å²) in [7, 11) is 0. The Kier molecular flexibility index (Phi) is 3.97. The number of ether oxygens (including phenoxy) is 1. The average Bonchev–Trinajstić information content (AvgIpc) is 2.55. The number of hydrogen-bond donors (Lipinski definition) is 1. The standard InChI is InChI=1S/C14H16O4/c15-12-9-5-4-8-11(18-12)13(14(16)17)10-6-2-1-3-7-10/h1-3,6-7,11,13H,4-5,8-9H2,(H,16,17). The number of cyclic esters (lactones) is 1. The van der Waals surface area contributed by atoms with Gasteiger partial charge in [-0.3, -0.25) is 9.59 Å². The van der Waals surface area contributed by atoms with Crippen molar-refractivity contribution in [3.8, 4) is 0 Å². The minimum absolute atomic E-state index is 0.292. The van der Waals surface area contributed by atoms with E-state index in [9.17, 15) is 14.7 Å². The van der Waals surface area contributed by atoms with Gasteiger partial charge in [-0.1, -0.05) is 30.3 Å². The Labute approximate surface area is 106 Å². The third kappa shape index (κ3) is 2.88. The van der Waals surface area contributed by atoms with Crippen molar-refractivity contribution in [3.63, 3.8) is 0 Å². The maximum absolute atomic E-state index is 11.4. The van der Waals surface area contributed by atoms with Crippen LogP contribution in [-0.2, 0) is 14.3 Å². The van der Waals surface area contributed by atoms with Crippen molar-refractivity contribution < 1.29 is 19.4 Å². The van der Waals surface area contributed by atoms with Gasteiger partial charge >= 0.3 is 11.9 Å². The fraction of sp³-hybridized carbons (Fsp3) is 0.429. The van der Waals surface area contributed by atoms with E-state index in [-0.39, 0.29) is 5.97 Å². The van der Waals surface area contributed by atoms with Crippen LogP contribution in [0.4, 0.5) is 0 Å². The van der Waals surface area contributed by atoms with Crippen molar-refractivity contribution in [2.24, 2.45) is 0 Å². The maximum Gasteiger partial charge on any atom is 0.314 e. The summed E-state index contributed by atoms with van der Waals surface area (Å²) < 4.78 is 5.27. The van der Waals surface area contributed by atoms with Crippen LogP contribution in [0.3, 0.4) is 0 Å². The largest absolute Gasteiger partial charge is 0.481 e. The molecule has 0 aliphatic carbocycles. The van der Waals surface area contributed by atoms with Crippen LogP contribution >= 0.6 is 0 Å². The van der Waals surface area contributed by atoms with Gasteiger partial charge in [0.05, 0.1) is 0 Å². The zero-order valence-electron chi connectivity index (χ0n) is 10.0. The molecule has 0 radical (unpaired) electrons. The molecule has 2 atom stereocenters. The van der Waals surface area contributed by atoms with Crippen LogP contribution in [0.2, 0.25) is 0 Å². The molecule has 1 aliphatic heterocycles. The summed E-state index contributed by atoms with van der Waals surface area (Å²) >= 11 is 0. The Bertz CT molecular complexity index is 427. The van der Waals surface area contributed by atoms with E-state index in [0.29, 0.717) is 18.4 Å². The highest BCUT2D eigenvalue weighted by Gasteiger charge is 2.33. The molecule has 1 aliphatic rings. The monoisotopic (exact) mass is 248 g/mol. The van der Waals surface area contributed by atoms with Gasteiger partial charge in [-0.25, -0.2) is 0 Å². The Balaban J connectivity index is 2.24. The van der Waals surface area contributed by atoms with Gasteiger partial charge in [0.2, 0.25) is 0 Å². The van der Waals surface area contributed by atoms with Crippen molar-refractivity contribution in [2.45, 2.75) is 37.7 Å². The predicted octanol–water partition coefficient (Wildman–Crippen LogP) is 2.34. The first-order valence-corrected chi connectivity index (χ1v) is 6.15. The molecule has 0 saturated carbocycles. The summed E-state index contributed by atoms with van der Waals surface area (Å²) in [6.07, 6.45) is 2.04. The van der Waals surface area contributed by atoms with Crippen LogP contribution in [0, 0.1) is 0 Å². The second-order valence-electron chi connectivity index (χ2n) is 4.50. The zero-order chi connectivity index (χ0) is 13.0. The predicted molar refractivity (Wildman–Crippen MR) is 65.2 cm³/mol. The molecule has 0 aromatic heterocycles. The number of carbonyl (C=O) groups is 2. The Hall–Kier alpha value is -1.84. The van der Waals surface area contributed by atoms with Crippen molar-refractivity contribution in [1.82, 2.24) is 0 Å². The van der Waals surface area contributed by atoms with Crippen molar-refractivity contribution >= 4 is 11.9 Å². The van der Waals surface area contributed by atoms with Crippen molar-refractivity contribution in [3.05, 3.63) is 35.9 Å². The molecule has 0 amide bonds. The van der Waals surface area contributed by atoms with Gasteiger partial charge in [0.15, 0.2) is 0 Å². The number of carboxylic acid groups (broad SMARTS) is 1. The molecule has 1 aromatic carbocycles. The quantitative estimate of drug-likeness (QED) is 0.834. The van der Waals surface area contributed by atoms with Gasteiger partial charge in [-0.15, -0.1) is 0 Å². The van der Waals surface area contributed by atoms with Crippen LogP contribution in [0.5, 0.6) is 0 Å². The molecule has 2 unspecified atom stereocenters. The minimum atomic E-state index is -0.944. The number of carboxylic acids is 1. The Morgan fingerprint density at radius 2 is 2.00 bits per heavy atom. The molecule has 2 rings (SSSR count). The molecular formula is C14H16O4. The lowest BCUT2D eigenvalue weighted by Crippen LogP contribution is -2.29. The molecule has 1 heterocycles.